The zero-order chi connectivity index (χ0) is 13.8. The third kappa shape index (κ3) is 3.89. The van der Waals surface area contributed by atoms with Crippen LogP contribution in [0.1, 0.15) is 11.1 Å². The first kappa shape index (κ1) is 14.2. The Morgan fingerprint density at radius 2 is 1.89 bits per heavy atom. The van der Waals surface area contributed by atoms with Gasteiger partial charge in [0.1, 0.15) is 0 Å². The van der Waals surface area contributed by atoms with Gasteiger partial charge in [0, 0.05) is 13.2 Å². The standard InChI is InChI=1S/C12H11F3O3/c1-18-7-9(6-11(16)17)8-2-4-10(5-3-8)12(13,14)15/h2-6H,7H2,1H3,(H,16,17). The van der Waals surface area contributed by atoms with Gasteiger partial charge in [-0.15, -0.1) is 0 Å². The summed E-state index contributed by atoms with van der Waals surface area (Å²) < 4.78 is 41.8. The number of carboxylic acid groups (broad SMARTS) is 1. The highest BCUT2D eigenvalue weighted by atomic mass is 19.4. The first-order chi connectivity index (χ1) is 8.34. The number of ether oxygens (including phenoxy) is 1. The lowest BCUT2D eigenvalue weighted by molar-refractivity contribution is -0.137. The lowest BCUT2D eigenvalue weighted by Gasteiger charge is -2.09. The predicted octanol–water partition coefficient (Wildman–Crippen LogP) is 2.82. The molecule has 0 aliphatic heterocycles. The van der Waals surface area contributed by atoms with Crippen molar-refractivity contribution in [3.8, 4) is 0 Å². The zero-order valence-corrected chi connectivity index (χ0v) is 9.49. The van der Waals surface area contributed by atoms with Crippen LogP contribution in [0.3, 0.4) is 0 Å². The molecule has 18 heavy (non-hydrogen) atoms. The summed E-state index contributed by atoms with van der Waals surface area (Å²) in [5.74, 6) is -1.18. The third-order valence-corrected chi connectivity index (χ3v) is 2.18. The normalized spacial score (nSPS) is 12.6. The fraction of sp³-hybridized carbons (Fsp3) is 0.250. The molecule has 0 spiro atoms. The Hall–Kier alpha value is -1.82. The van der Waals surface area contributed by atoms with Crippen LogP contribution >= 0.6 is 0 Å². The molecule has 0 aromatic heterocycles. The SMILES string of the molecule is COCC(=CC(=O)O)c1ccc(C(F)(F)F)cc1. The summed E-state index contributed by atoms with van der Waals surface area (Å²) in [4.78, 5) is 10.6. The highest BCUT2D eigenvalue weighted by molar-refractivity contribution is 5.90. The maximum Gasteiger partial charge on any atom is 0.416 e. The smallest absolute Gasteiger partial charge is 0.416 e. The van der Waals surface area contributed by atoms with Gasteiger partial charge in [-0.3, -0.25) is 0 Å². The molecule has 1 aromatic rings. The van der Waals surface area contributed by atoms with Crippen LogP contribution in [0.2, 0.25) is 0 Å². The minimum absolute atomic E-state index is 0.0116. The monoisotopic (exact) mass is 260 g/mol. The summed E-state index contributed by atoms with van der Waals surface area (Å²) in [5, 5.41) is 8.64. The molecule has 0 bridgehead atoms. The summed E-state index contributed by atoms with van der Waals surface area (Å²) in [7, 11) is 1.37. The van der Waals surface area contributed by atoms with Crippen LogP contribution < -0.4 is 0 Å². The Morgan fingerprint density at radius 3 is 2.28 bits per heavy atom. The molecule has 0 saturated carbocycles. The molecule has 0 amide bonds. The van der Waals surface area contributed by atoms with Gasteiger partial charge in [-0.05, 0) is 23.3 Å². The molecule has 0 aliphatic carbocycles. The number of halogens is 3. The number of hydrogen-bond acceptors (Lipinski definition) is 2. The van der Waals surface area contributed by atoms with E-state index in [1.54, 1.807) is 0 Å². The van der Waals surface area contributed by atoms with Crippen LogP contribution in [0.5, 0.6) is 0 Å². The van der Waals surface area contributed by atoms with E-state index in [1.807, 2.05) is 0 Å². The summed E-state index contributed by atoms with van der Waals surface area (Å²) in [6.07, 6.45) is -3.50. The van der Waals surface area contributed by atoms with E-state index < -0.39 is 17.7 Å². The highest BCUT2D eigenvalue weighted by Crippen LogP contribution is 2.30. The van der Waals surface area contributed by atoms with Crippen LogP contribution in [-0.2, 0) is 15.7 Å². The van der Waals surface area contributed by atoms with Gasteiger partial charge in [0.2, 0.25) is 0 Å². The molecule has 0 fully saturated rings. The second-order valence-corrected chi connectivity index (χ2v) is 3.52. The van der Waals surface area contributed by atoms with Crippen molar-refractivity contribution in [2.24, 2.45) is 0 Å². The summed E-state index contributed by atoms with van der Waals surface area (Å²) in [6.45, 7) is 0.0116. The van der Waals surface area contributed by atoms with Gasteiger partial charge in [-0.1, -0.05) is 12.1 Å². The van der Waals surface area contributed by atoms with Crippen molar-refractivity contribution < 1.29 is 27.8 Å². The van der Waals surface area contributed by atoms with Crippen molar-refractivity contribution >= 4 is 11.5 Å². The van der Waals surface area contributed by atoms with Crippen molar-refractivity contribution in [1.82, 2.24) is 0 Å². The van der Waals surface area contributed by atoms with E-state index in [2.05, 4.69) is 0 Å². The van der Waals surface area contributed by atoms with Crippen LogP contribution in [0.4, 0.5) is 13.2 Å². The molecule has 98 valence electrons. The zero-order valence-electron chi connectivity index (χ0n) is 9.49. The topological polar surface area (TPSA) is 46.5 Å². The average Bonchev–Trinajstić information content (AvgIpc) is 2.27. The number of carbonyl (C=O) groups is 1. The second kappa shape index (κ2) is 5.68. The van der Waals surface area contributed by atoms with Crippen LogP contribution in [0, 0.1) is 0 Å². The molecule has 1 N–H and O–H groups in total. The van der Waals surface area contributed by atoms with Gasteiger partial charge in [-0.2, -0.15) is 13.2 Å². The molecule has 1 rings (SSSR count). The minimum Gasteiger partial charge on any atom is -0.478 e. The van der Waals surface area contributed by atoms with E-state index in [-0.39, 0.29) is 6.61 Å². The van der Waals surface area contributed by atoms with E-state index in [4.69, 9.17) is 9.84 Å². The van der Waals surface area contributed by atoms with Gasteiger partial charge < -0.3 is 9.84 Å². The predicted molar refractivity (Wildman–Crippen MR) is 58.9 cm³/mol. The van der Waals surface area contributed by atoms with Crippen molar-refractivity contribution in [2.75, 3.05) is 13.7 Å². The largest absolute Gasteiger partial charge is 0.478 e. The van der Waals surface area contributed by atoms with E-state index >= 15 is 0 Å². The van der Waals surface area contributed by atoms with Gasteiger partial charge in [-0.25, -0.2) is 4.79 Å². The van der Waals surface area contributed by atoms with Crippen molar-refractivity contribution in [1.29, 1.82) is 0 Å². The van der Waals surface area contributed by atoms with Crippen molar-refractivity contribution in [3.05, 3.63) is 41.5 Å². The highest BCUT2D eigenvalue weighted by Gasteiger charge is 2.30. The van der Waals surface area contributed by atoms with Gasteiger partial charge in [0.15, 0.2) is 0 Å². The lowest BCUT2D eigenvalue weighted by atomic mass is 10.0. The van der Waals surface area contributed by atoms with Gasteiger partial charge in [0.05, 0.1) is 12.2 Å². The average molecular weight is 260 g/mol. The molecule has 0 heterocycles. The van der Waals surface area contributed by atoms with Crippen LogP contribution in [0.15, 0.2) is 30.3 Å². The first-order valence-electron chi connectivity index (χ1n) is 4.94. The number of hydrogen-bond donors (Lipinski definition) is 1. The Balaban J connectivity index is 3.05. The summed E-state index contributed by atoms with van der Waals surface area (Å²) >= 11 is 0. The van der Waals surface area contributed by atoms with Crippen molar-refractivity contribution in [2.45, 2.75) is 6.18 Å². The quantitative estimate of drug-likeness (QED) is 0.847. The Kier molecular flexibility index (Phi) is 4.49. The van der Waals surface area contributed by atoms with Crippen molar-refractivity contribution in [3.63, 3.8) is 0 Å². The Morgan fingerprint density at radius 1 is 1.33 bits per heavy atom. The number of benzene rings is 1. The number of rotatable bonds is 4. The molecule has 0 aliphatic rings. The van der Waals surface area contributed by atoms with Gasteiger partial charge >= 0.3 is 12.1 Å². The third-order valence-electron chi connectivity index (χ3n) is 2.18. The summed E-state index contributed by atoms with van der Waals surface area (Å²) in [6, 6.07) is 4.24. The van der Waals surface area contributed by atoms with E-state index in [0.29, 0.717) is 11.1 Å². The number of methoxy groups -OCH3 is 1. The van der Waals surface area contributed by atoms with Crippen LogP contribution in [-0.4, -0.2) is 24.8 Å². The summed E-state index contributed by atoms with van der Waals surface area (Å²) in [5.41, 5.74) is -0.0932. The Bertz CT molecular complexity index is 447. The number of aliphatic carboxylic acids is 1. The number of carboxylic acids is 1. The maximum absolute atomic E-state index is 12.3. The lowest BCUT2D eigenvalue weighted by Crippen LogP contribution is -2.05. The minimum atomic E-state index is -4.41. The maximum atomic E-state index is 12.3. The molecule has 6 heteroatoms. The fourth-order valence-corrected chi connectivity index (χ4v) is 1.39. The molecular formula is C12H11F3O3. The molecule has 0 atom stereocenters. The first-order valence-corrected chi connectivity index (χ1v) is 4.94. The molecule has 0 saturated heterocycles. The van der Waals surface area contributed by atoms with E-state index in [0.717, 1.165) is 18.2 Å². The van der Waals surface area contributed by atoms with Gasteiger partial charge in [0.25, 0.3) is 0 Å². The fourth-order valence-electron chi connectivity index (χ4n) is 1.39. The Labute approximate surface area is 101 Å². The van der Waals surface area contributed by atoms with E-state index in [1.165, 1.54) is 19.2 Å². The molecule has 3 nitrogen and oxygen atoms in total. The molecule has 1 aromatic carbocycles. The molecular weight excluding hydrogens is 249 g/mol. The second-order valence-electron chi connectivity index (χ2n) is 3.52. The molecule has 0 radical (unpaired) electrons. The molecule has 0 unspecified atom stereocenters. The number of alkyl halides is 3. The van der Waals surface area contributed by atoms with Crippen LogP contribution in [0.25, 0.3) is 5.57 Å². The van der Waals surface area contributed by atoms with E-state index in [9.17, 15) is 18.0 Å².